The second-order valence-electron chi connectivity index (χ2n) is 7.39. The lowest BCUT2D eigenvalue weighted by Crippen LogP contribution is -2.37. The first-order valence-corrected chi connectivity index (χ1v) is 12.6. The van der Waals surface area contributed by atoms with Crippen molar-refractivity contribution in [1.82, 2.24) is 4.31 Å². The van der Waals surface area contributed by atoms with Crippen LogP contribution in [0.25, 0.3) is 0 Å². The van der Waals surface area contributed by atoms with Crippen molar-refractivity contribution in [3.05, 3.63) is 53.8 Å². The number of sulfonamides is 2. The Hall–Kier alpha value is -1.97. The SMILES string of the molecule is O=S(=O)(c1ccc2c(c1)CCCN2S(=O)(=O)c1ccc(F)cc1)N1CCCCC1. The number of piperidine rings is 1. The predicted molar refractivity (Wildman–Crippen MR) is 108 cm³/mol. The Morgan fingerprint density at radius 3 is 2.07 bits per heavy atom. The molecule has 2 aromatic carbocycles. The summed E-state index contributed by atoms with van der Waals surface area (Å²) < 4.78 is 68.1. The molecule has 0 radical (unpaired) electrons. The third-order valence-electron chi connectivity index (χ3n) is 5.48. The van der Waals surface area contributed by atoms with Gasteiger partial charge in [0.1, 0.15) is 5.82 Å². The minimum absolute atomic E-state index is 0.0109. The van der Waals surface area contributed by atoms with Crippen LogP contribution in [-0.2, 0) is 26.5 Å². The second kappa shape index (κ2) is 7.70. The Bertz CT molecular complexity index is 1110. The first kappa shape index (κ1) is 20.3. The highest BCUT2D eigenvalue weighted by molar-refractivity contribution is 7.92. The van der Waals surface area contributed by atoms with Gasteiger partial charge in [-0.2, -0.15) is 4.31 Å². The molecule has 2 aliphatic heterocycles. The summed E-state index contributed by atoms with van der Waals surface area (Å²) in [6, 6.07) is 9.39. The van der Waals surface area contributed by atoms with Crippen molar-refractivity contribution in [3.8, 4) is 0 Å². The Labute approximate surface area is 171 Å². The maximum Gasteiger partial charge on any atom is 0.264 e. The lowest BCUT2D eigenvalue weighted by atomic mass is 10.0. The van der Waals surface area contributed by atoms with Crippen molar-refractivity contribution < 1.29 is 21.2 Å². The second-order valence-corrected chi connectivity index (χ2v) is 11.2. The maximum absolute atomic E-state index is 13.2. The molecule has 1 fully saturated rings. The highest BCUT2D eigenvalue weighted by Crippen LogP contribution is 2.34. The van der Waals surface area contributed by atoms with E-state index in [1.54, 1.807) is 12.1 Å². The molecule has 0 spiro atoms. The minimum Gasteiger partial charge on any atom is -0.266 e. The molecule has 0 saturated carbocycles. The number of anilines is 1. The molecule has 6 nitrogen and oxygen atoms in total. The van der Waals surface area contributed by atoms with Crippen LogP contribution in [-0.4, -0.2) is 40.8 Å². The molecular weight excluding hydrogens is 415 g/mol. The third kappa shape index (κ3) is 3.78. The van der Waals surface area contributed by atoms with Gasteiger partial charge in [-0.05, 0) is 73.7 Å². The van der Waals surface area contributed by atoms with Crippen LogP contribution in [0, 0.1) is 5.82 Å². The molecule has 0 aliphatic carbocycles. The van der Waals surface area contributed by atoms with Crippen LogP contribution in [0.3, 0.4) is 0 Å². The Balaban J connectivity index is 1.69. The van der Waals surface area contributed by atoms with Gasteiger partial charge in [0.15, 0.2) is 0 Å². The smallest absolute Gasteiger partial charge is 0.264 e. The van der Waals surface area contributed by atoms with Crippen LogP contribution < -0.4 is 4.31 Å². The van der Waals surface area contributed by atoms with Crippen molar-refractivity contribution in [1.29, 1.82) is 0 Å². The fourth-order valence-corrected chi connectivity index (χ4v) is 7.05. The number of benzene rings is 2. The van der Waals surface area contributed by atoms with Gasteiger partial charge < -0.3 is 0 Å². The highest BCUT2D eigenvalue weighted by Gasteiger charge is 2.31. The zero-order valence-electron chi connectivity index (χ0n) is 15.9. The largest absolute Gasteiger partial charge is 0.266 e. The standard InChI is InChI=1S/C20H23FN2O4S2/c21-17-6-8-18(9-7-17)29(26,27)23-14-4-5-16-15-19(10-11-20(16)23)28(24,25)22-12-2-1-3-13-22/h6-11,15H,1-5,12-14H2. The summed E-state index contributed by atoms with van der Waals surface area (Å²) in [5.41, 5.74) is 1.18. The van der Waals surface area contributed by atoms with Gasteiger partial charge in [0.25, 0.3) is 10.0 Å². The topological polar surface area (TPSA) is 74.8 Å². The van der Waals surface area contributed by atoms with E-state index in [0.29, 0.717) is 43.7 Å². The lowest BCUT2D eigenvalue weighted by Gasteiger charge is -2.31. The number of hydrogen-bond acceptors (Lipinski definition) is 4. The number of rotatable bonds is 4. The Morgan fingerprint density at radius 2 is 1.38 bits per heavy atom. The van der Waals surface area contributed by atoms with Gasteiger partial charge in [-0.3, -0.25) is 4.31 Å². The summed E-state index contributed by atoms with van der Waals surface area (Å²) in [4.78, 5) is 0.218. The van der Waals surface area contributed by atoms with Gasteiger partial charge in [0, 0.05) is 19.6 Å². The van der Waals surface area contributed by atoms with Gasteiger partial charge >= 0.3 is 0 Å². The molecule has 0 amide bonds. The summed E-state index contributed by atoms with van der Waals surface area (Å²) in [6.45, 7) is 1.33. The van der Waals surface area contributed by atoms with Gasteiger partial charge in [-0.1, -0.05) is 6.42 Å². The number of aryl methyl sites for hydroxylation is 1. The molecule has 0 bridgehead atoms. The number of fused-ring (bicyclic) bond motifs is 1. The number of nitrogens with zero attached hydrogens (tertiary/aromatic N) is 2. The molecule has 29 heavy (non-hydrogen) atoms. The van der Waals surface area contributed by atoms with Crippen LogP contribution in [0.1, 0.15) is 31.2 Å². The van der Waals surface area contributed by atoms with Crippen molar-refractivity contribution in [2.24, 2.45) is 0 Å². The van der Waals surface area contributed by atoms with E-state index in [0.717, 1.165) is 31.4 Å². The summed E-state index contributed by atoms with van der Waals surface area (Å²) >= 11 is 0. The summed E-state index contributed by atoms with van der Waals surface area (Å²) in [5.74, 6) is -0.504. The van der Waals surface area contributed by atoms with Crippen LogP contribution in [0.15, 0.2) is 52.3 Å². The zero-order valence-corrected chi connectivity index (χ0v) is 17.6. The summed E-state index contributed by atoms with van der Waals surface area (Å²) in [6.07, 6.45) is 3.93. The Morgan fingerprint density at radius 1 is 0.724 bits per heavy atom. The van der Waals surface area contributed by atoms with Gasteiger partial charge in [0.05, 0.1) is 15.5 Å². The highest BCUT2D eigenvalue weighted by atomic mass is 32.2. The van der Waals surface area contributed by atoms with E-state index < -0.39 is 25.9 Å². The molecule has 2 aliphatic rings. The van der Waals surface area contributed by atoms with Gasteiger partial charge in [-0.25, -0.2) is 21.2 Å². The molecular formula is C20H23FN2O4S2. The number of halogens is 1. The van der Waals surface area contributed by atoms with E-state index in [-0.39, 0.29) is 9.79 Å². The average Bonchev–Trinajstić information content (AvgIpc) is 2.73. The summed E-state index contributed by atoms with van der Waals surface area (Å²) in [7, 11) is -7.44. The predicted octanol–water partition coefficient (Wildman–Crippen LogP) is 3.14. The quantitative estimate of drug-likeness (QED) is 0.735. The van der Waals surface area contributed by atoms with Crippen LogP contribution in [0.4, 0.5) is 10.1 Å². The monoisotopic (exact) mass is 438 g/mol. The summed E-state index contributed by atoms with van der Waals surface area (Å²) in [5, 5.41) is 0. The molecule has 2 aromatic rings. The van der Waals surface area contributed by atoms with E-state index in [1.165, 1.54) is 26.8 Å². The van der Waals surface area contributed by atoms with Gasteiger partial charge in [0.2, 0.25) is 10.0 Å². The average molecular weight is 439 g/mol. The van der Waals surface area contributed by atoms with Crippen LogP contribution in [0.5, 0.6) is 0 Å². The zero-order chi connectivity index (χ0) is 20.6. The molecule has 0 unspecified atom stereocenters. The van der Waals surface area contributed by atoms with E-state index in [2.05, 4.69) is 0 Å². The van der Waals surface area contributed by atoms with E-state index >= 15 is 0 Å². The molecule has 1 saturated heterocycles. The number of hydrogen-bond donors (Lipinski definition) is 0. The first-order valence-electron chi connectivity index (χ1n) is 9.71. The normalized spacial score (nSPS) is 18.4. The van der Waals surface area contributed by atoms with E-state index in [1.807, 2.05) is 0 Å². The third-order valence-corrected chi connectivity index (χ3v) is 9.20. The van der Waals surface area contributed by atoms with E-state index in [9.17, 15) is 21.2 Å². The van der Waals surface area contributed by atoms with Crippen LogP contribution >= 0.6 is 0 Å². The minimum atomic E-state index is -3.85. The van der Waals surface area contributed by atoms with Crippen LogP contribution in [0.2, 0.25) is 0 Å². The van der Waals surface area contributed by atoms with Crippen molar-refractivity contribution in [2.75, 3.05) is 23.9 Å². The van der Waals surface area contributed by atoms with E-state index in [4.69, 9.17) is 0 Å². The Kier molecular flexibility index (Phi) is 5.39. The first-order chi connectivity index (χ1) is 13.8. The van der Waals surface area contributed by atoms with Crippen molar-refractivity contribution in [2.45, 2.75) is 41.9 Å². The fraction of sp³-hybridized carbons (Fsp3) is 0.400. The van der Waals surface area contributed by atoms with Gasteiger partial charge in [-0.15, -0.1) is 0 Å². The molecule has 4 rings (SSSR count). The molecule has 9 heteroatoms. The molecule has 0 N–H and O–H groups in total. The maximum atomic E-state index is 13.2. The molecule has 0 atom stereocenters. The fourth-order valence-electron chi connectivity index (χ4n) is 3.94. The lowest BCUT2D eigenvalue weighted by molar-refractivity contribution is 0.346. The van der Waals surface area contributed by atoms with Crippen molar-refractivity contribution >= 4 is 25.7 Å². The van der Waals surface area contributed by atoms with Crippen molar-refractivity contribution in [3.63, 3.8) is 0 Å². The molecule has 2 heterocycles. The molecule has 0 aromatic heterocycles. The molecule has 156 valence electrons.